The summed E-state index contributed by atoms with van der Waals surface area (Å²) in [5, 5.41) is 0. The summed E-state index contributed by atoms with van der Waals surface area (Å²) in [7, 11) is -3.51. The zero-order valence-corrected chi connectivity index (χ0v) is 14.0. The van der Waals surface area contributed by atoms with Crippen LogP contribution in [0, 0.1) is 12.8 Å². The third kappa shape index (κ3) is 3.09. The van der Waals surface area contributed by atoms with Crippen molar-refractivity contribution in [2.75, 3.05) is 6.54 Å². The van der Waals surface area contributed by atoms with E-state index in [0.29, 0.717) is 11.4 Å². The fourth-order valence-electron chi connectivity index (χ4n) is 3.10. The van der Waals surface area contributed by atoms with E-state index >= 15 is 0 Å². The van der Waals surface area contributed by atoms with Crippen molar-refractivity contribution in [3.8, 4) is 0 Å². The second-order valence-electron chi connectivity index (χ2n) is 6.05. The van der Waals surface area contributed by atoms with Gasteiger partial charge in [-0.05, 0) is 37.0 Å². The molecule has 0 aromatic heterocycles. The van der Waals surface area contributed by atoms with Crippen molar-refractivity contribution in [1.29, 1.82) is 0 Å². The van der Waals surface area contributed by atoms with E-state index in [4.69, 9.17) is 0 Å². The first-order valence-corrected chi connectivity index (χ1v) is 9.22. The van der Waals surface area contributed by atoms with Gasteiger partial charge in [-0.15, -0.1) is 6.58 Å². The molecule has 0 amide bonds. The summed E-state index contributed by atoms with van der Waals surface area (Å²) >= 11 is 0. The van der Waals surface area contributed by atoms with Crippen molar-refractivity contribution in [3.05, 3.63) is 78.4 Å². The highest BCUT2D eigenvalue weighted by Gasteiger charge is 2.39. The normalized spacial score (nSPS) is 22.1. The summed E-state index contributed by atoms with van der Waals surface area (Å²) in [6.45, 7) is 6.29. The van der Waals surface area contributed by atoms with Crippen molar-refractivity contribution in [2.24, 2.45) is 5.92 Å². The maximum Gasteiger partial charge on any atom is 0.243 e. The van der Waals surface area contributed by atoms with Crippen LogP contribution in [0.4, 0.5) is 0 Å². The molecule has 1 heterocycles. The topological polar surface area (TPSA) is 37.4 Å². The number of nitrogens with zero attached hydrogens (tertiary/aromatic N) is 1. The quantitative estimate of drug-likeness (QED) is 0.798. The lowest BCUT2D eigenvalue weighted by Crippen LogP contribution is -2.31. The fourth-order valence-corrected chi connectivity index (χ4v) is 4.78. The monoisotopic (exact) mass is 327 g/mol. The van der Waals surface area contributed by atoms with E-state index < -0.39 is 10.0 Å². The predicted octanol–water partition coefficient (Wildman–Crippen LogP) is 3.93. The van der Waals surface area contributed by atoms with Gasteiger partial charge in [0.05, 0.1) is 10.9 Å². The van der Waals surface area contributed by atoms with Crippen molar-refractivity contribution in [3.63, 3.8) is 0 Å². The molecule has 0 spiro atoms. The van der Waals surface area contributed by atoms with Crippen LogP contribution in [0.1, 0.15) is 23.6 Å². The van der Waals surface area contributed by atoms with E-state index in [9.17, 15) is 8.42 Å². The van der Waals surface area contributed by atoms with Gasteiger partial charge in [0, 0.05) is 6.54 Å². The second-order valence-corrected chi connectivity index (χ2v) is 7.94. The zero-order valence-electron chi connectivity index (χ0n) is 13.2. The minimum atomic E-state index is -3.51. The molecule has 4 heteroatoms. The molecule has 120 valence electrons. The molecule has 2 aromatic rings. The predicted molar refractivity (Wildman–Crippen MR) is 92.6 cm³/mol. The van der Waals surface area contributed by atoms with Gasteiger partial charge in [-0.25, -0.2) is 8.42 Å². The Bertz CT molecular complexity index is 782. The molecule has 0 saturated carbocycles. The molecule has 0 N–H and O–H groups in total. The maximum absolute atomic E-state index is 13.1. The molecule has 23 heavy (non-hydrogen) atoms. The molecule has 2 unspecified atom stereocenters. The molecular weight excluding hydrogens is 306 g/mol. The summed E-state index contributed by atoms with van der Waals surface area (Å²) < 4.78 is 27.8. The Kier molecular flexibility index (Phi) is 4.37. The molecule has 0 bridgehead atoms. The molecule has 2 aromatic carbocycles. The first-order valence-electron chi connectivity index (χ1n) is 7.78. The Morgan fingerprint density at radius 3 is 2.35 bits per heavy atom. The number of aryl methyl sites for hydroxylation is 1. The maximum atomic E-state index is 13.1. The Labute approximate surface area is 138 Å². The van der Waals surface area contributed by atoms with E-state index in [1.807, 2.05) is 55.5 Å². The number of benzene rings is 2. The Balaban J connectivity index is 2.01. The molecule has 0 aliphatic carbocycles. The standard InChI is InChI=1S/C19H21NO2S/c1-3-16-13-19(17-7-5-4-6-8-17)20(14-16)23(21,22)18-11-9-15(2)10-12-18/h3-12,16,19H,1,13-14H2,2H3. The van der Waals surface area contributed by atoms with E-state index in [1.165, 1.54) is 0 Å². The van der Waals surface area contributed by atoms with Gasteiger partial charge in [-0.2, -0.15) is 4.31 Å². The zero-order chi connectivity index (χ0) is 16.4. The van der Waals surface area contributed by atoms with Crippen LogP contribution in [0.15, 0.2) is 72.1 Å². The average Bonchev–Trinajstić information content (AvgIpc) is 3.01. The molecule has 1 saturated heterocycles. The smallest absolute Gasteiger partial charge is 0.207 e. The van der Waals surface area contributed by atoms with Crippen molar-refractivity contribution >= 4 is 10.0 Å². The Morgan fingerprint density at radius 1 is 1.09 bits per heavy atom. The summed E-state index contributed by atoms with van der Waals surface area (Å²) in [6.07, 6.45) is 2.64. The molecule has 1 fully saturated rings. The molecular formula is C19H21NO2S. The van der Waals surface area contributed by atoms with Crippen molar-refractivity contribution in [2.45, 2.75) is 24.3 Å². The van der Waals surface area contributed by atoms with Crippen LogP contribution in [-0.4, -0.2) is 19.3 Å². The number of hydrogen-bond donors (Lipinski definition) is 0. The van der Waals surface area contributed by atoms with Crippen LogP contribution < -0.4 is 0 Å². The van der Waals surface area contributed by atoms with Gasteiger partial charge >= 0.3 is 0 Å². The third-order valence-electron chi connectivity index (χ3n) is 4.43. The van der Waals surface area contributed by atoms with E-state index in [-0.39, 0.29) is 12.0 Å². The van der Waals surface area contributed by atoms with Crippen molar-refractivity contribution < 1.29 is 8.42 Å². The second kappa shape index (κ2) is 6.30. The van der Waals surface area contributed by atoms with Gasteiger partial charge in [-0.3, -0.25) is 0 Å². The highest BCUT2D eigenvalue weighted by molar-refractivity contribution is 7.89. The average molecular weight is 327 g/mol. The van der Waals surface area contributed by atoms with Gasteiger partial charge in [0.25, 0.3) is 0 Å². The lowest BCUT2D eigenvalue weighted by Gasteiger charge is -2.24. The molecule has 1 aliphatic heterocycles. The van der Waals surface area contributed by atoms with Gasteiger partial charge in [0.1, 0.15) is 0 Å². The number of rotatable bonds is 4. The van der Waals surface area contributed by atoms with Gasteiger partial charge in [-0.1, -0.05) is 54.1 Å². The summed E-state index contributed by atoms with van der Waals surface area (Å²) in [6, 6.07) is 16.8. The van der Waals surface area contributed by atoms with Gasteiger partial charge < -0.3 is 0 Å². The Morgan fingerprint density at radius 2 is 1.74 bits per heavy atom. The molecule has 0 radical (unpaired) electrons. The largest absolute Gasteiger partial charge is 0.243 e. The van der Waals surface area contributed by atoms with Crippen LogP contribution >= 0.6 is 0 Å². The molecule has 1 aliphatic rings. The highest BCUT2D eigenvalue weighted by Crippen LogP contribution is 2.39. The minimum Gasteiger partial charge on any atom is -0.207 e. The van der Waals surface area contributed by atoms with Crippen LogP contribution in [0.25, 0.3) is 0 Å². The number of sulfonamides is 1. The van der Waals surface area contributed by atoms with E-state index in [1.54, 1.807) is 16.4 Å². The van der Waals surface area contributed by atoms with Crippen LogP contribution in [-0.2, 0) is 10.0 Å². The van der Waals surface area contributed by atoms with Crippen LogP contribution in [0.2, 0.25) is 0 Å². The first-order chi connectivity index (χ1) is 11.0. The lowest BCUT2D eigenvalue weighted by molar-refractivity contribution is 0.395. The third-order valence-corrected chi connectivity index (χ3v) is 6.32. The Hall–Kier alpha value is -1.91. The van der Waals surface area contributed by atoms with E-state index in [0.717, 1.165) is 17.5 Å². The fraction of sp³-hybridized carbons (Fsp3) is 0.263. The molecule has 2 atom stereocenters. The van der Waals surface area contributed by atoms with Crippen molar-refractivity contribution in [1.82, 2.24) is 4.31 Å². The minimum absolute atomic E-state index is 0.134. The van der Waals surface area contributed by atoms with Gasteiger partial charge in [0.15, 0.2) is 0 Å². The first kappa shape index (κ1) is 16.0. The molecule has 3 rings (SSSR count). The highest BCUT2D eigenvalue weighted by atomic mass is 32.2. The summed E-state index contributed by atoms with van der Waals surface area (Å²) in [5.74, 6) is 0.181. The summed E-state index contributed by atoms with van der Waals surface area (Å²) in [4.78, 5) is 0.355. The van der Waals surface area contributed by atoms with Crippen LogP contribution in [0.5, 0.6) is 0 Å². The SMILES string of the molecule is C=CC1CC(c2ccccc2)N(S(=O)(=O)c2ccc(C)cc2)C1. The summed E-state index contributed by atoms with van der Waals surface area (Å²) in [5.41, 5.74) is 2.08. The van der Waals surface area contributed by atoms with Crippen LogP contribution in [0.3, 0.4) is 0 Å². The van der Waals surface area contributed by atoms with E-state index in [2.05, 4.69) is 6.58 Å². The van der Waals surface area contributed by atoms with Gasteiger partial charge in [0.2, 0.25) is 10.0 Å². The molecule has 3 nitrogen and oxygen atoms in total. The lowest BCUT2D eigenvalue weighted by atomic mass is 10.0. The number of hydrogen-bond acceptors (Lipinski definition) is 2.